The first-order valence-electron chi connectivity index (χ1n) is 9.48. The van der Waals surface area contributed by atoms with Gasteiger partial charge in [-0.2, -0.15) is 0 Å². The first-order valence-corrected chi connectivity index (χ1v) is 9.48. The van der Waals surface area contributed by atoms with Crippen molar-refractivity contribution in [3.8, 4) is 0 Å². The van der Waals surface area contributed by atoms with E-state index in [-0.39, 0.29) is 0 Å². The Kier molecular flexibility index (Phi) is 8.17. The fourth-order valence-corrected chi connectivity index (χ4v) is 3.64. The molecule has 0 amide bonds. The number of hydrogen-bond donors (Lipinski definition) is 1. The molecule has 2 rings (SSSR count). The molecule has 2 atom stereocenters. The minimum Gasteiger partial charge on any atom is -0.381 e. The summed E-state index contributed by atoms with van der Waals surface area (Å²) in [6, 6.07) is 0. The number of aliphatic imine (C=N–C) groups is 1. The van der Waals surface area contributed by atoms with Crippen molar-refractivity contribution >= 4 is 5.96 Å². The van der Waals surface area contributed by atoms with Crippen LogP contribution >= 0.6 is 0 Å². The summed E-state index contributed by atoms with van der Waals surface area (Å²) in [7, 11) is 2.14. The maximum Gasteiger partial charge on any atom is 0.193 e. The van der Waals surface area contributed by atoms with E-state index < -0.39 is 0 Å². The number of likely N-dealkylation sites (tertiary alicyclic amines) is 1. The third kappa shape index (κ3) is 6.68. The predicted molar refractivity (Wildman–Crippen MR) is 97.0 cm³/mol. The number of nitrogens with zero attached hydrogens (tertiary/aromatic N) is 3. The van der Waals surface area contributed by atoms with E-state index in [1.165, 1.54) is 38.9 Å². The van der Waals surface area contributed by atoms with Crippen molar-refractivity contribution in [3.63, 3.8) is 0 Å². The topological polar surface area (TPSA) is 40.1 Å². The molecule has 2 heterocycles. The molecular formula is C18H36N4O. The Labute approximate surface area is 142 Å². The second-order valence-corrected chi connectivity index (χ2v) is 7.25. The zero-order valence-electron chi connectivity index (χ0n) is 15.4. The zero-order valence-corrected chi connectivity index (χ0v) is 15.4. The van der Waals surface area contributed by atoms with Crippen LogP contribution in [0, 0.1) is 11.8 Å². The van der Waals surface area contributed by atoms with E-state index >= 15 is 0 Å². The lowest BCUT2D eigenvalue weighted by atomic mass is 10.0. The molecule has 0 aromatic rings. The van der Waals surface area contributed by atoms with Crippen LogP contribution in [0.5, 0.6) is 0 Å². The fourth-order valence-electron chi connectivity index (χ4n) is 3.64. The van der Waals surface area contributed by atoms with Crippen molar-refractivity contribution in [2.24, 2.45) is 16.8 Å². The lowest BCUT2D eigenvalue weighted by Crippen LogP contribution is -2.41. The molecule has 5 heteroatoms. The maximum absolute atomic E-state index is 5.48. The van der Waals surface area contributed by atoms with Crippen LogP contribution in [0.4, 0.5) is 0 Å². The highest BCUT2D eigenvalue weighted by Gasteiger charge is 2.19. The summed E-state index contributed by atoms with van der Waals surface area (Å²) in [5.41, 5.74) is 0. The molecule has 5 nitrogen and oxygen atoms in total. The number of guanidine groups is 1. The van der Waals surface area contributed by atoms with E-state index in [0.29, 0.717) is 5.92 Å². The quantitative estimate of drug-likeness (QED) is 0.442. The van der Waals surface area contributed by atoms with Gasteiger partial charge in [-0.15, -0.1) is 0 Å². The maximum atomic E-state index is 5.48. The number of piperidine rings is 1. The van der Waals surface area contributed by atoms with Crippen LogP contribution in [-0.4, -0.2) is 75.3 Å². The number of hydrogen-bond acceptors (Lipinski definition) is 3. The minimum atomic E-state index is 0.652. The van der Waals surface area contributed by atoms with Gasteiger partial charge in [0.25, 0.3) is 0 Å². The first-order chi connectivity index (χ1) is 11.2. The molecule has 0 aromatic heterocycles. The van der Waals surface area contributed by atoms with Gasteiger partial charge in [0.1, 0.15) is 0 Å². The molecule has 1 N–H and O–H groups in total. The molecule has 0 radical (unpaired) electrons. The van der Waals surface area contributed by atoms with Crippen molar-refractivity contribution in [2.45, 2.75) is 39.5 Å². The Morgan fingerprint density at radius 3 is 2.96 bits per heavy atom. The van der Waals surface area contributed by atoms with Crippen LogP contribution in [0.3, 0.4) is 0 Å². The average molecular weight is 325 g/mol. The Bertz CT molecular complexity index is 355. The molecule has 0 bridgehead atoms. The van der Waals surface area contributed by atoms with Crippen molar-refractivity contribution in [2.75, 3.05) is 59.5 Å². The van der Waals surface area contributed by atoms with Crippen LogP contribution < -0.4 is 5.32 Å². The lowest BCUT2D eigenvalue weighted by Gasteiger charge is -2.30. The molecule has 2 fully saturated rings. The Morgan fingerprint density at radius 2 is 2.26 bits per heavy atom. The number of ether oxygens (including phenoxy) is 1. The Morgan fingerprint density at radius 1 is 1.39 bits per heavy atom. The van der Waals surface area contributed by atoms with Gasteiger partial charge in [0.15, 0.2) is 5.96 Å². The molecule has 0 aliphatic carbocycles. The molecular weight excluding hydrogens is 288 g/mol. The van der Waals surface area contributed by atoms with Crippen molar-refractivity contribution in [1.82, 2.24) is 15.1 Å². The number of rotatable bonds is 7. The summed E-state index contributed by atoms with van der Waals surface area (Å²) in [5, 5.41) is 3.42. The molecule has 2 unspecified atom stereocenters. The normalized spacial score (nSPS) is 26.5. The number of nitrogens with one attached hydrogen (secondary N) is 1. The molecule has 0 saturated carbocycles. The fraction of sp³-hybridized carbons (Fsp3) is 0.944. The Balaban J connectivity index is 1.71. The van der Waals surface area contributed by atoms with Crippen molar-refractivity contribution < 1.29 is 4.74 Å². The zero-order chi connectivity index (χ0) is 16.5. The van der Waals surface area contributed by atoms with E-state index in [9.17, 15) is 0 Å². The second-order valence-electron chi connectivity index (χ2n) is 7.25. The van der Waals surface area contributed by atoms with Gasteiger partial charge in [-0.1, -0.05) is 6.92 Å². The largest absolute Gasteiger partial charge is 0.381 e. The van der Waals surface area contributed by atoms with Crippen LogP contribution in [0.2, 0.25) is 0 Å². The van der Waals surface area contributed by atoms with Gasteiger partial charge in [-0.3, -0.25) is 4.99 Å². The van der Waals surface area contributed by atoms with Gasteiger partial charge in [-0.05, 0) is 51.6 Å². The summed E-state index contributed by atoms with van der Waals surface area (Å²) < 4.78 is 5.48. The summed E-state index contributed by atoms with van der Waals surface area (Å²) in [6.45, 7) is 12.9. The molecule has 2 aliphatic rings. The van der Waals surface area contributed by atoms with Crippen LogP contribution in [0.1, 0.15) is 39.5 Å². The summed E-state index contributed by atoms with van der Waals surface area (Å²) >= 11 is 0. The van der Waals surface area contributed by atoms with E-state index in [2.05, 4.69) is 36.0 Å². The van der Waals surface area contributed by atoms with Crippen molar-refractivity contribution in [3.05, 3.63) is 0 Å². The summed E-state index contributed by atoms with van der Waals surface area (Å²) in [6.07, 6.45) is 5.09. The van der Waals surface area contributed by atoms with Gasteiger partial charge in [0.05, 0.1) is 6.61 Å². The van der Waals surface area contributed by atoms with Gasteiger partial charge in [0, 0.05) is 45.8 Å². The van der Waals surface area contributed by atoms with Gasteiger partial charge in [0.2, 0.25) is 0 Å². The Hall–Kier alpha value is -0.810. The van der Waals surface area contributed by atoms with Crippen LogP contribution in [0.15, 0.2) is 4.99 Å². The highest BCUT2D eigenvalue weighted by molar-refractivity contribution is 5.79. The standard InChI is InChI=1S/C18H36N4O/c1-4-19-18(21(3)14-17-8-12-23-15-17)20-9-6-11-22-10-5-7-16(2)13-22/h16-17H,4-15H2,1-3H3,(H,19,20). The molecule has 0 spiro atoms. The second kappa shape index (κ2) is 10.1. The van der Waals surface area contributed by atoms with E-state index in [1.54, 1.807) is 0 Å². The van der Waals surface area contributed by atoms with Crippen molar-refractivity contribution in [1.29, 1.82) is 0 Å². The van der Waals surface area contributed by atoms with E-state index in [0.717, 1.165) is 51.1 Å². The van der Waals surface area contributed by atoms with Gasteiger partial charge in [-0.25, -0.2) is 0 Å². The molecule has 134 valence electrons. The molecule has 2 aliphatic heterocycles. The SMILES string of the molecule is CCNC(=NCCCN1CCCC(C)C1)N(C)CC1CCOC1. The van der Waals surface area contributed by atoms with Gasteiger partial charge < -0.3 is 19.9 Å². The predicted octanol–water partition coefficient (Wildman–Crippen LogP) is 2.04. The van der Waals surface area contributed by atoms with E-state index in [4.69, 9.17) is 9.73 Å². The molecule has 23 heavy (non-hydrogen) atoms. The van der Waals surface area contributed by atoms with E-state index in [1.807, 2.05) is 0 Å². The lowest BCUT2D eigenvalue weighted by molar-refractivity contribution is 0.181. The smallest absolute Gasteiger partial charge is 0.193 e. The van der Waals surface area contributed by atoms with Crippen LogP contribution in [0.25, 0.3) is 0 Å². The summed E-state index contributed by atoms with van der Waals surface area (Å²) in [4.78, 5) is 9.70. The summed E-state index contributed by atoms with van der Waals surface area (Å²) in [5.74, 6) is 2.56. The third-order valence-electron chi connectivity index (χ3n) is 4.89. The van der Waals surface area contributed by atoms with Gasteiger partial charge >= 0.3 is 0 Å². The average Bonchev–Trinajstić information content (AvgIpc) is 3.03. The minimum absolute atomic E-state index is 0.652. The molecule has 2 saturated heterocycles. The highest BCUT2D eigenvalue weighted by atomic mass is 16.5. The third-order valence-corrected chi connectivity index (χ3v) is 4.89. The highest BCUT2D eigenvalue weighted by Crippen LogP contribution is 2.15. The first kappa shape index (κ1) is 18.5. The monoisotopic (exact) mass is 324 g/mol. The molecule has 0 aromatic carbocycles. The van der Waals surface area contributed by atoms with Crippen LogP contribution in [-0.2, 0) is 4.74 Å².